The highest BCUT2D eigenvalue weighted by molar-refractivity contribution is 6.21. The molecule has 0 fully saturated rings. The zero-order chi connectivity index (χ0) is 13.8. The Morgan fingerprint density at radius 1 is 0.947 bits per heavy atom. The summed E-state index contributed by atoms with van der Waals surface area (Å²) in [7, 11) is 0. The average molecular weight is 259 g/mol. The molecule has 1 aromatic carbocycles. The van der Waals surface area contributed by atoms with Gasteiger partial charge in [0.25, 0.3) is 11.8 Å². The molecule has 0 bridgehead atoms. The topological polar surface area (TPSA) is 37.4 Å². The van der Waals surface area contributed by atoms with Crippen molar-refractivity contribution >= 4 is 11.8 Å². The number of fused-ring (bicyclic) bond motifs is 1. The van der Waals surface area contributed by atoms with Gasteiger partial charge < -0.3 is 0 Å². The standard InChI is InChI=1S/C16H21NO2/c1-3-5-9-12(8-4-2)17-15(18)13-10-6-7-11-14(13)16(17)19/h6-7,10-12H,3-5,8-9H2,1-2H3. The molecule has 0 aliphatic carbocycles. The monoisotopic (exact) mass is 259 g/mol. The minimum Gasteiger partial charge on any atom is -0.271 e. The van der Waals surface area contributed by atoms with Crippen LogP contribution < -0.4 is 0 Å². The van der Waals surface area contributed by atoms with E-state index in [-0.39, 0.29) is 17.9 Å². The summed E-state index contributed by atoms with van der Waals surface area (Å²) in [4.78, 5) is 26.3. The molecule has 0 N–H and O–H groups in total. The number of hydrogen-bond donors (Lipinski definition) is 0. The summed E-state index contributed by atoms with van der Waals surface area (Å²) in [5.74, 6) is -0.231. The fraction of sp³-hybridized carbons (Fsp3) is 0.500. The van der Waals surface area contributed by atoms with Gasteiger partial charge in [0.05, 0.1) is 11.1 Å². The van der Waals surface area contributed by atoms with Gasteiger partial charge in [-0.3, -0.25) is 14.5 Å². The first-order valence-electron chi connectivity index (χ1n) is 7.17. The summed E-state index contributed by atoms with van der Waals surface area (Å²) >= 11 is 0. The number of imide groups is 1. The molecular weight excluding hydrogens is 238 g/mol. The number of unbranched alkanes of at least 4 members (excludes halogenated alkanes) is 1. The number of amides is 2. The van der Waals surface area contributed by atoms with Crippen molar-refractivity contribution in [2.45, 2.75) is 52.0 Å². The number of carbonyl (C=O) groups is 2. The number of hydrogen-bond acceptors (Lipinski definition) is 2. The second-order valence-corrected chi connectivity index (χ2v) is 5.11. The van der Waals surface area contributed by atoms with Gasteiger partial charge in [0, 0.05) is 6.04 Å². The van der Waals surface area contributed by atoms with Crippen molar-refractivity contribution in [3.63, 3.8) is 0 Å². The second kappa shape index (κ2) is 6.00. The molecule has 102 valence electrons. The summed E-state index contributed by atoms with van der Waals surface area (Å²) in [6, 6.07) is 7.18. The first-order chi connectivity index (χ1) is 9.20. The summed E-state index contributed by atoms with van der Waals surface area (Å²) in [5, 5.41) is 0. The quantitative estimate of drug-likeness (QED) is 0.731. The van der Waals surface area contributed by atoms with Crippen LogP contribution in [0.4, 0.5) is 0 Å². The van der Waals surface area contributed by atoms with Gasteiger partial charge in [-0.15, -0.1) is 0 Å². The molecular formula is C16H21NO2. The van der Waals surface area contributed by atoms with Gasteiger partial charge in [-0.2, -0.15) is 0 Å². The maximum atomic E-state index is 12.4. The van der Waals surface area contributed by atoms with Crippen molar-refractivity contribution in [3.8, 4) is 0 Å². The van der Waals surface area contributed by atoms with E-state index in [4.69, 9.17) is 0 Å². The van der Waals surface area contributed by atoms with Gasteiger partial charge in [0.2, 0.25) is 0 Å². The molecule has 2 rings (SSSR count). The second-order valence-electron chi connectivity index (χ2n) is 5.11. The third-order valence-corrected chi connectivity index (χ3v) is 3.70. The Hall–Kier alpha value is -1.64. The smallest absolute Gasteiger partial charge is 0.261 e. The van der Waals surface area contributed by atoms with Crippen LogP contribution in [0.3, 0.4) is 0 Å². The molecule has 0 saturated heterocycles. The molecule has 1 aliphatic rings. The number of rotatable bonds is 6. The molecule has 1 aliphatic heterocycles. The van der Waals surface area contributed by atoms with Crippen molar-refractivity contribution in [2.75, 3.05) is 0 Å². The van der Waals surface area contributed by atoms with Gasteiger partial charge in [-0.25, -0.2) is 0 Å². The maximum absolute atomic E-state index is 12.4. The molecule has 1 atom stereocenters. The van der Waals surface area contributed by atoms with Gasteiger partial charge in [-0.05, 0) is 25.0 Å². The minimum atomic E-state index is -0.116. The van der Waals surface area contributed by atoms with Crippen molar-refractivity contribution in [3.05, 3.63) is 35.4 Å². The predicted molar refractivity (Wildman–Crippen MR) is 75.2 cm³/mol. The molecule has 1 unspecified atom stereocenters. The van der Waals surface area contributed by atoms with Gasteiger partial charge in [0.1, 0.15) is 0 Å². The van der Waals surface area contributed by atoms with Crippen LogP contribution in [-0.4, -0.2) is 22.8 Å². The van der Waals surface area contributed by atoms with Crippen molar-refractivity contribution < 1.29 is 9.59 Å². The van der Waals surface area contributed by atoms with Crippen molar-refractivity contribution in [2.24, 2.45) is 0 Å². The van der Waals surface area contributed by atoms with Gasteiger partial charge >= 0.3 is 0 Å². The lowest BCUT2D eigenvalue weighted by atomic mass is 10.0. The number of nitrogens with zero attached hydrogens (tertiary/aromatic N) is 1. The molecule has 0 spiro atoms. The van der Waals surface area contributed by atoms with Crippen LogP contribution in [0.1, 0.15) is 66.7 Å². The van der Waals surface area contributed by atoms with E-state index in [1.807, 2.05) is 12.1 Å². The molecule has 3 heteroatoms. The molecule has 19 heavy (non-hydrogen) atoms. The Morgan fingerprint density at radius 3 is 2.00 bits per heavy atom. The summed E-state index contributed by atoms with van der Waals surface area (Å²) in [6.07, 6.45) is 4.94. The highest BCUT2D eigenvalue weighted by Crippen LogP contribution is 2.27. The first kappa shape index (κ1) is 13.8. The van der Waals surface area contributed by atoms with Crippen LogP contribution in [0.2, 0.25) is 0 Å². The van der Waals surface area contributed by atoms with E-state index in [2.05, 4.69) is 13.8 Å². The Balaban J connectivity index is 2.25. The molecule has 1 aromatic rings. The maximum Gasteiger partial charge on any atom is 0.261 e. The molecule has 3 nitrogen and oxygen atoms in total. The molecule has 2 amide bonds. The van der Waals surface area contributed by atoms with Crippen LogP contribution in [0, 0.1) is 0 Å². The molecule has 0 aromatic heterocycles. The third-order valence-electron chi connectivity index (χ3n) is 3.70. The van der Waals surface area contributed by atoms with Crippen molar-refractivity contribution in [1.82, 2.24) is 4.90 Å². The normalized spacial score (nSPS) is 15.8. The van der Waals surface area contributed by atoms with E-state index in [1.54, 1.807) is 12.1 Å². The zero-order valence-electron chi connectivity index (χ0n) is 11.7. The van der Waals surface area contributed by atoms with Crippen LogP contribution >= 0.6 is 0 Å². The molecule has 1 heterocycles. The predicted octanol–water partition coefficient (Wildman–Crippen LogP) is 3.64. The summed E-state index contributed by atoms with van der Waals surface area (Å²) in [6.45, 7) is 4.22. The number of benzene rings is 1. The fourth-order valence-corrected chi connectivity index (χ4v) is 2.72. The highest BCUT2D eigenvalue weighted by Gasteiger charge is 2.38. The van der Waals surface area contributed by atoms with Crippen molar-refractivity contribution in [1.29, 1.82) is 0 Å². The fourth-order valence-electron chi connectivity index (χ4n) is 2.72. The van der Waals surface area contributed by atoms with E-state index >= 15 is 0 Å². The van der Waals surface area contributed by atoms with Crippen LogP contribution in [-0.2, 0) is 0 Å². The van der Waals surface area contributed by atoms with E-state index in [9.17, 15) is 9.59 Å². The Kier molecular flexibility index (Phi) is 4.35. The molecule has 0 radical (unpaired) electrons. The number of carbonyl (C=O) groups excluding carboxylic acids is 2. The van der Waals surface area contributed by atoms with Crippen LogP contribution in [0.5, 0.6) is 0 Å². The van der Waals surface area contributed by atoms with Crippen LogP contribution in [0.15, 0.2) is 24.3 Å². The largest absolute Gasteiger partial charge is 0.271 e. The van der Waals surface area contributed by atoms with Gasteiger partial charge in [0.15, 0.2) is 0 Å². The first-order valence-corrected chi connectivity index (χ1v) is 7.17. The Bertz CT molecular complexity index is 446. The zero-order valence-corrected chi connectivity index (χ0v) is 11.7. The lowest BCUT2D eigenvalue weighted by molar-refractivity contribution is 0.0565. The van der Waals surface area contributed by atoms with E-state index in [1.165, 1.54) is 4.90 Å². The Morgan fingerprint density at radius 2 is 1.53 bits per heavy atom. The highest BCUT2D eigenvalue weighted by atomic mass is 16.2. The van der Waals surface area contributed by atoms with E-state index < -0.39 is 0 Å². The lowest BCUT2D eigenvalue weighted by Crippen LogP contribution is -2.39. The van der Waals surface area contributed by atoms with Gasteiger partial charge in [-0.1, -0.05) is 45.2 Å². The van der Waals surface area contributed by atoms with Crippen LogP contribution in [0.25, 0.3) is 0 Å². The summed E-state index contributed by atoms with van der Waals surface area (Å²) < 4.78 is 0. The molecule has 0 saturated carbocycles. The van der Waals surface area contributed by atoms with E-state index in [0.29, 0.717) is 11.1 Å². The Labute approximate surface area is 114 Å². The lowest BCUT2D eigenvalue weighted by Gasteiger charge is -2.25. The third kappa shape index (κ3) is 2.55. The SMILES string of the molecule is CCCCC(CCC)N1C(=O)c2ccccc2C1=O. The van der Waals surface area contributed by atoms with E-state index in [0.717, 1.165) is 32.1 Å². The minimum absolute atomic E-state index is 0.0531. The average Bonchev–Trinajstić information content (AvgIpc) is 2.68. The summed E-state index contributed by atoms with van der Waals surface area (Å²) in [5.41, 5.74) is 1.12.